The number of benzene rings is 3. The van der Waals surface area contributed by atoms with Crippen LogP contribution < -0.4 is 9.80 Å². The first-order chi connectivity index (χ1) is 22.4. The predicted molar refractivity (Wildman–Crippen MR) is 184 cm³/mol. The van der Waals surface area contributed by atoms with Crippen molar-refractivity contribution in [1.82, 2.24) is 19.4 Å². The molecular weight excluding hydrogens is 597 g/mol. The molecule has 2 saturated heterocycles. The summed E-state index contributed by atoms with van der Waals surface area (Å²) in [6, 6.07) is 22.8. The Hall–Kier alpha value is -4.25. The van der Waals surface area contributed by atoms with Crippen molar-refractivity contribution in [2.75, 3.05) is 62.3 Å². The van der Waals surface area contributed by atoms with Gasteiger partial charge >= 0.3 is 5.97 Å². The van der Waals surface area contributed by atoms with Gasteiger partial charge in [-0.25, -0.2) is 14.8 Å². The Bertz CT molecular complexity index is 1820. The van der Waals surface area contributed by atoms with Gasteiger partial charge < -0.3 is 24.2 Å². The standard InChI is InChI=1S/C36H40N6O3S/c1-25(2)27-8-6-26(7-9-27)22-42-33-21-30(41-16-18-45-19-17-41)10-11-31(33)38-35(42)32-24-46-34(37-32)23-39-12-14-40(15-13-39)29-5-3-4-28(20-29)36(43)44/h3-11,20-21,24-25H,12-19,22-23H2,1-2H3,(H,43,44). The van der Waals surface area contributed by atoms with Gasteiger partial charge in [0, 0.05) is 62.6 Å². The number of aromatic nitrogens is 3. The number of carboxylic acid groups (broad SMARTS) is 1. The molecule has 46 heavy (non-hydrogen) atoms. The fraction of sp³-hybridized carbons (Fsp3) is 0.361. The van der Waals surface area contributed by atoms with E-state index >= 15 is 0 Å². The number of imidazole rings is 1. The highest BCUT2D eigenvalue weighted by Gasteiger charge is 2.22. The van der Waals surface area contributed by atoms with Crippen molar-refractivity contribution in [3.63, 3.8) is 0 Å². The number of fused-ring (bicyclic) bond motifs is 1. The van der Waals surface area contributed by atoms with Crippen molar-refractivity contribution in [3.05, 3.63) is 93.8 Å². The number of anilines is 2. The Kier molecular flexibility index (Phi) is 8.75. The van der Waals surface area contributed by atoms with Crippen LogP contribution in [-0.4, -0.2) is 83.0 Å². The van der Waals surface area contributed by atoms with Gasteiger partial charge in [0.1, 0.15) is 10.7 Å². The first-order valence-electron chi connectivity index (χ1n) is 16.1. The maximum atomic E-state index is 11.4. The van der Waals surface area contributed by atoms with Crippen LogP contribution in [0.1, 0.15) is 46.3 Å². The summed E-state index contributed by atoms with van der Waals surface area (Å²) in [6.45, 7) is 12.7. The number of rotatable bonds is 9. The first kappa shape index (κ1) is 30.4. The maximum Gasteiger partial charge on any atom is 0.335 e. The summed E-state index contributed by atoms with van der Waals surface area (Å²) in [7, 11) is 0. The zero-order chi connectivity index (χ0) is 31.6. The molecule has 10 heteroatoms. The highest BCUT2D eigenvalue weighted by atomic mass is 32.1. The molecule has 2 fully saturated rings. The lowest BCUT2D eigenvalue weighted by atomic mass is 10.0. The normalized spacial score (nSPS) is 16.1. The molecule has 0 unspecified atom stereocenters. The molecule has 0 atom stereocenters. The van der Waals surface area contributed by atoms with Gasteiger partial charge in [-0.05, 0) is 53.4 Å². The van der Waals surface area contributed by atoms with Gasteiger partial charge in [0.15, 0.2) is 5.82 Å². The van der Waals surface area contributed by atoms with Crippen LogP contribution in [-0.2, 0) is 17.8 Å². The number of morpholine rings is 1. The second kappa shape index (κ2) is 13.2. The highest BCUT2D eigenvalue weighted by molar-refractivity contribution is 7.09. The summed E-state index contributed by atoms with van der Waals surface area (Å²) in [5.41, 5.74) is 8.07. The Balaban J connectivity index is 1.12. The Morgan fingerprint density at radius 1 is 0.870 bits per heavy atom. The molecule has 0 aliphatic carbocycles. The van der Waals surface area contributed by atoms with Crippen molar-refractivity contribution in [2.45, 2.75) is 32.9 Å². The second-order valence-electron chi connectivity index (χ2n) is 12.4. The molecule has 2 aromatic heterocycles. The zero-order valence-electron chi connectivity index (χ0n) is 26.4. The minimum absolute atomic E-state index is 0.325. The van der Waals surface area contributed by atoms with Crippen molar-refractivity contribution in [2.24, 2.45) is 0 Å². The molecule has 7 rings (SSSR count). The second-order valence-corrected chi connectivity index (χ2v) is 13.4. The van der Waals surface area contributed by atoms with Crippen LogP contribution in [0.3, 0.4) is 0 Å². The van der Waals surface area contributed by atoms with E-state index in [0.29, 0.717) is 18.0 Å². The Morgan fingerprint density at radius 2 is 1.61 bits per heavy atom. The van der Waals surface area contributed by atoms with Crippen molar-refractivity contribution in [1.29, 1.82) is 0 Å². The minimum atomic E-state index is -0.893. The molecular formula is C36H40N6O3S. The largest absolute Gasteiger partial charge is 0.478 e. The third kappa shape index (κ3) is 6.51. The van der Waals surface area contributed by atoms with E-state index < -0.39 is 5.97 Å². The lowest BCUT2D eigenvalue weighted by Gasteiger charge is -2.35. The van der Waals surface area contributed by atoms with Crippen LogP contribution in [0.2, 0.25) is 0 Å². The van der Waals surface area contributed by atoms with Gasteiger partial charge in [-0.2, -0.15) is 0 Å². The summed E-state index contributed by atoms with van der Waals surface area (Å²) < 4.78 is 7.93. The van der Waals surface area contributed by atoms with Crippen LogP contribution >= 0.6 is 11.3 Å². The molecule has 0 saturated carbocycles. The summed E-state index contributed by atoms with van der Waals surface area (Å²) >= 11 is 1.69. The molecule has 2 aliphatic heterocycles. The van der Waals surface area contributed by atoms with Gasteiger partial charge in [0.25, 0.3) is 0 Å². The van der Waals surface area contributed by atoms with Crippen LogP contribution in [0.15, 0.2) is 72.1 Å². The van der Waals surface area contributed by atoms with E-state index in [2.05, 4.69) is 81.0 Å². The third-order valence-electron chi connectivity index (χ3n) is 9.07. The average molecular weight is 637 g/mol. The van der Waals surface area contributed by atoms with Crippen molar-refractivity contribution < 1.29 is 14.6 Å². The Morgan fingerprint density at radius 3 is 2.35 bits per heavy atom. The minimum Gasteiger partial charge on any atom is -0.478 e. The number of carbonyl (C=O) groups is 1. The number of nitrogens with zero attached hydrogens (tertiary/aromatic N) is 6. The van der Waals surface area contributed by atoms with Crippen LogP contribution in [0, 0.1) is 0 Å². The lowest BCUT2D eigenvalue weighted by Crippen LogP contribution is -2.46. The maximum absolute atomic E-state index is 11.4. The smallest absolute Gasteiger partial charge is 0.335 e. The SMILES string of the molecule is CC(C)c1ccc(Cn2c(-c3csc(CN4CCN(c5cccc(C(=O)O)c5)CC4)n3)nc3ccc(N4CCOCC4)cc32)cc1. The molecule has 3 aromatic carbocycles. The first-order valence-corrected chi connectivity index (χ1v) is 17.0. The van der Waals surface area contributed by atoms with Crippen molar-refractivity contribution in [3.8, 4) is 11.5 Å². The molecule has 238 valence electrons. The molecule has 2 aliphatic rings. The third-order valence-corrected chi connectivity index (χ3v) is 9.90. The van der Waals surface area contributed by atoms with Gasteiger partial charge in [-0.15, -0.1) is 11.3 Å². The highest BCUT2D eigenvalue weighted by Crippen LogP contribution is 2.31. The molecule has 4 heterocycles. The fourth-order valence-electron chi connectivity index (χ4n) is 6.35. The lowest BCUT2D eigenvalue weighted by molar-refractivity contribution is 0.0697. The molecule has 0 bridgehead atoms. The number of hydrogen-bond donors (Lipinski definition) is 1. The fourth-order valence-corrected chi connectivity index (χ4v) is 7.17. The molecule has 5 aromatic rings. The summed E-state index contributed by atoms with van der Waals surface area (Å²) in [5.74, 6) is 0.497. The number of ether oxygens (including phenoxy) is 1. The molecule has 0 radical (unpaired) electrons. The van der Waals surface area contributed by atoms with E-state index in [-0.39, 0.29) is 0 Å². The van der Waals surface area contributed by atoms with Gasteiger partial charge in [0.2, 0.25) is 0 Å². The number of thiazole rings is 1. The van der Waals surface area contributed by atoms with Crippen molar-refractivity contribution >= 4 is 39.7 Å². The number of carboxylic acids is 1. The van der Waals surface area contributed by atoms with E-state index in [1.807, 2.05) is 12.1 Å². The van der Waals surface area contributed by atoms with E-state index in [0.717, 1.165) is 92.3 Å². The average Bonchev–Trinajstić information content (AvgIpc) is 3.70. The topological polar surface area (TPSA) is 87.0 Å². The van der Waals surface area contributed by atoms with E-state index in [1.54, 1.807) is 23.5 Å². The molecule has 0 amide bonds. The summed E-state index contributed by atoms with van der Waals surface area (Å²) in [5, 5.41) is 12.6. The van der Waals surface area contributed by atoms with Gasteiger partial charge in [-0.1, -0.05) is 44.2 Å². The number of piperazine rings is 1. The van der Waals surface area contributed by atoms with Crippen LogP contribution in [0.25, 0.3) is 22.6 Å². The molecule has 9 nitrogen and oxygen atoms in total. The van der Waals surface area contributed by atoms with E-state index in [9.17, 15) is 9.90 Å². The van der Waals surface area contributed by atoms with E-state index in [1.165, 1.54) is 16.8 Å². The van der Waals surface area contributed by atoms with Crippen LogP contribution in [0.4, 0.5) is 11.4 Å². The quantitative estimate of drug-likeness (QED) is 0.205. The molecule has 0 spiro atoms. The van der Waals surface area contributed by atoms with Crippen LogP contribution in [0.5, 0.6) is 0 Å². The van der Waals surface area contributed by atoms with E-state index in [4.69, 9.17) is 14.7 Å². The van der Waals surface area contributed by atoms with Gasteiger partial charge in [0.05, 0.1) is 36.4 Å². The summed E-state index contributed by atoms with van der Waals surface area (Å²) in [6.07, 6.45) is 0. The zero-order valence-corrected chi connectivity index (χ0v) is 27.2. The van der Waals surface area contributed by atoms with Gasteiger partial charge in [-0.3, -0.25) is 4.90 Å². The Labute approximate surface area is 273 Å². The summed E-state index contributed by atoms with van der Waals surface area (Å²) in [4.78, 5) is 28.8. The monoisotopic (exact) mass is 636 g/mol. The molecule has 1 N–H and O–H groups in total. The number of hydrogen-bond acceptors (Lipinski definition) is 8. The number of aromatic carboxylic acids is 1. The predicted octanol–water partition coefficient (Wildman–Crippen LogP) is 6.19.